The average molecular weight is 377 g/mol. The number of carbonyl (C=O) groups excluding carboxylic acids is 3. The summed E-state index contributed by atoms with van der Waals surface area (Å²) in [5, 5.41) is 3.03. The number of urea groups is 1. The predicted octanol–water partition coefficient (Wildman–Crippen LogP) is 1.43. The Morgan fingerprint density at radius 3 is 2.48 bits per heavy atom. The number of hydrogen-bond acceptors (Lipinski definition) is 4. The average Bonchev–Trinajstić information content (AvgIpc) is 3.44. The van der Waals surface area contributed by atoms with Crippen molar-refractivity contribution >= 4 is 17.8 Å². The van der Waals surface area contributed by atoms with Gasteiger partial charge < -0.3 is 15.1 Å². The second-order valence-electron chi connectivity index (χ2n) is 9.24. The van der Waals surface area contributed by atoms with E-state index in [-0.39, 0.29) is 29.8 Å². The zero-order valence-corrected chi connectivity index (χ0v) is 16.6. The summed E-state index contributed by atoms with van der Waals surface area (Å²) in [6.07, 6.45) is 4.98. The third kappa shape index (κ3) is 3.58. The predicted molar refractivity (Wildman–Crippen MR) is 101 cm³/mol. The number of amides is 4. The zero-order chi connectivity index (χ0) is 19.2. The first-order valence-corrected chi connectivity index (χ1v) is 10.6. The van der Waals surface area contributed by atoms with Crippen molar-refractivity contribution in [3.05, 3.63) is 0 Å². The smallest absolute Gasteiger partial charge is 0.325 e. The molecule has 0 aromatic heterocycles. The molecule has 4 fully saturated rings. The monoisotopic (exact) mass is 376 g/mol. The molecule has 1 N–H and O–H groups in total. The molecule has 1 spiro atoms. The van der Waals surface area contributed by atoms with Crippen molar-refractivity contribution in [3.8, 4) is 0 Å². The van der Waals surface area contributed by atoms with Crippen molar-refractivity contribution in [3.63, 3.8) is 0 Å². The van der Waals surface area contributed by atoms with E-state index in [1.807, 2.05) is 4.90 Å². The molecule has 4 aliphatic rings. The minimum absolute atomic E-state index is 0.0672. The number of nitrogens with one attached hydrogen (secondary N) is 1. The highest BCUT2D eigenvalue weighted by atomic mass is 16.2. The van der Waals surface area contributed by atoms with Crippen LogP contribution in [0.1, 0.15) is 52.4 Å². The number of piperidine rings is 2. The molecule has 1 atom stereocenters. The van der Waals surface area contributed by atoms with Crippen molar-refractivity contribution in [2.45, 2.75) is 64.0 Å². The van der Waals surface area contributed by atoms with Crippen molar-refractivity contribution in [2.24, 2.45) is 11.8 Å². The van der Waals surface area contributed by atoms with Gasteiger partial charge in [-0.15, -0.1) is 0 Å². The Labute approximate surface area is 161 Å². The van der Waals surface area contributed by atoms with Gasteiger partial charge in [0.1, 0.15) is 5.54 Å². The molecule has 7 heteroatoms. The minimum Gasteiger partial charge on any atom is -0.340 e. The summed E-state index contributed by atoms with van der Waals surface area (Å²) in [6, 6.07) is -0.440. The summed E-state index contributed by atoms with van der Waals surface area (Å²) in [5.41, 5.74) is -0.729. The third-order valence-corrected chi connectivity index (χ3v) is 6.53. The van der Waals surface area contributed by atoms with Crippen LogP contribution >= 0.6 is 0 Å². The topological polar surface area (TPSA) is 73.0 Å². The Morgan fingerprint density at radius 1 is 1.15 bits per heavy atom. The summed E-state index contributed by atoms with van der Waals surface area (Å²) in [5.74, 6) is 0.927. The van der Waals surface area contributed by atoms with Crippen LogP contribution in [0.3, 0.4) is 0 Å². The maximum atomic E-state index is 13.3. The lowest BCUT2D eigenvalue weighted by molar-refractivity contribution is -0.139. The Balaban J connectivity index is 1.41. The van der Waals surface area contributed by atoms with Crippen molar-refractivity contribution in [1.82, 2.24) is 20.0 Å². The van der Waals surface area contributed by atoms with E-state index in [4.69, 9.17) is 0 Å². The van der Waals surface area contributed by atoms with Gasteiger partial charge in [0.15, 0.2) is 0 Å². The quantitative estimate of drug-likeness (QED) is 0.754. The fraction of sp³-hybridized carbons (Fsp3) is 0.850. The lowest BCUT2D eigenvalue weighted by Gasteiger charge is -2.39. The molecule has 4 amide bonds. The second-order valence-corrected chi connectivity index (χ2v) is 9.24. The van der Waals surface area contributed by atoms with Gasteiger partial charge in [-0.3, -0.25) is 14.5 Å². The first-order chi connectivity index (χ1) is 12.9. The lowest BCUT2D eigenvalue weighted by atomic mass is 9.86. The SMILES string of the molecule is CC(C)CN1CCC2(CC1)NC(=O)N([C@H]1CCCN(C(=O)C3CC3)C1)C2=O. The van der Waals surface area contributed by atoms with E-state index in [0.717, 1.165) is 51.9 Å². The number of rotatable bonds is 4. The molecule has 1 saturated carbocycles. The molecular formula is C20H32N4O3. The summed E-state index contributed by atoms with van der Waals surface area (Å²) in [4.78, 5) is 44.1. The maximum absolute atomic E-state index is 13.3. The van der Waals surface area contributed by atoms with E-state index in [2.05, 4.69) is 24.1 Å². The summed E-state index contributed by atoms with van der Waals surface area (Å²) in [6.45, 7) is 8.38. The molecule has 4 rings (SSSR count). The lowest BCUT2D eigenvalue weighted by Crippen LogP contribution is -2.56. The van der Waals surface area contributed by atoms with E-state index >= 15 is 0 Å². The Morgan fingerprint density at radius 2 is 1.85 bits per heavy atom. The molecular weight excluding hydrogens is 344 g/mol. The van der Waals surface area contributed by atoms with Crippen LogP contribution in [0.4, 0.5) is 4.79 Å². The summed E-state index contributed by atoms with van der Waals surface area (Å²) < 4.78 is 0. The molecule has 1 aliphatic carbocycles. The normalized spacial score (nSPS) is 28.9. The Kier molecular flexibility index (Phi) is 4.91. The molecule has 0 radical (unpaired) electrons. The van der Waals surface area contributed by atoms with Gasteiger partial charge in [0.05, 0.1) is 6.04 Å². The van der Waals surface area contributed by atoms with E-state index in [0.29, 0.717) is 25.3 Å². The maximum Gasteiger partial charge on any atom is 0.325 e. The fourth-order valence-corrected chi connectivity index (χ4v) is 4.90. The van der Waals surface area contributed by atoms with Crippen LogP contribution in [0.5, 0.6) is 0 Å². The van der Waals surface area contributed by atoms with E-state index in [1.165, 1.54) is 4.90 Å². The van der Waals surface area contributed by atoms with Crippen LogP contribution in [-0.4, -0.2) is 76.8 Å². The molecule has 3 aliphatic heterocycles. The number of imide groups is 1. The molecule has 0 aromatic carbocycles. The number of nitrogens with zero attached hydrogens (tertiary/aromatic N) is 3. The molecule has 7 nitrogen and oxygen atoms in total. The van der Waals surface area contributed by atoms with Crippen LogP contribution in [-0.2, 0) is 9.59 Å². The van der Waals surface area contributed by atoms with Gasteiger partial charge in [0, 0.05) is 38.6 Å². The van der Waals surface area contributed by atoms with Gasteiger partial charge in [-0.2, -0.15) is 0 Å². The second kappa shape index (κ2) is 7.08. The molecule has 27 heavy (non-hydrogen) atoms. The number of hydrogen-bond donors (Lipinski definition) is 1. The molecule has 0 aromatic rings. The van der Waals surface area contributed by atoms with Gasteiger partial charge in [0.2, 0.25) is 5.91 Å². The van der Waals surface area contributed by atoms with Crippen LogP contribution in [0.15, 0.2) is 0 Å². The molecule has 0 unspecified atom stereocenters. The number of carbonyl (C=O) groups is 3. The summed E-state index contributed by atoms with van der Waals surface area (Å²) in [7, 11) is 0. The minimum atomic E-state index is -0.729. The van der Waals surface area contributed by atoms with Crippen molar-refractivity contribution in [1.29, 1.82) is 0 Å². The molecule has 150 valence electrons. The highest BCUT2D eigenvalue weighted by molar-refractivity contribution is 6.07. The van der Waals surface area contributed by atoms with Gasteiger partial charge in [-0.1, -0.05) is 13.8 Å². The molecule has 3 saturated heterocycles. The van der Waals surface area contributed by atoms with Crippen molar-refractivity contribution in [2.75, 3.05) is 32.7 Å². The molecule has 0 bridgehead atoms. The van der Waals surface area contributed by atoms with Crippen LogP contribution in [0.25, 0.3) is 0 Å². The highest BCUT2D eigenvalue weighted by Gasteiger charge is 2.54. The Bertz CT molecular complexity index is 623. The number of likely N-dealkylation sites (tertiary alicyclic amines) is 2. The first kappa shape index (κ1) is 18.7. The largest absolute Gasteiger partial charge is 0.340 e. The Hall–Kier alpha value is -1.63. The van der Waals surface area contributed by atoms with E-state index in [1.54, 1.807) is 0 Å². The van der Waals surface area contributed by atoms with Crippen LogP contribution < -0.4 is 5.32 Å². The van der Waals surface area contributed by atoms with Crippen LogP contribution in [0, 0.1) is 11.8 Å². The van der Waals surface area contributed by atoms with Gasteiger partial charge in [0.25, 0.3) is 5.91 Å². The fourth-order valence-electron chi connectivity index (χ4n) is 4.90. The molecule has 3 heterocycles. The van der Waals surface area contributed by atoms with Crippen LogP contribution in [0.2, 0.25) is 0 Å². The van der Waals surface area contributed by atoms with Gasteiger partial charge >= 0.3 is 6.03 Å². The zero-order valence-electron chi connectivity index (χ0n) is 16.6. The van der Waals surface area contributed by atoms with Crippen molar-refractivity contribution < 1.29 is 14.4 Å². The standard InChI is InChI=1S/C20H32N4O3/c1-14(2)12-22-10-7-20(8-11-22)18(26)24(19(27)21-20)16-4-3-9-23(13-16)17(25)15-5-6-15/h14-16H,3-13H2,1-2H3,(H,21,27)/t16-/m0/s1. The van der Waals surface area contributed by atoms with Gasteiger partial charge in [-0.25, -0.2) is 4.79 Å². The van der Waals surface area contributed by atoms with E-state index < -0.39 is 5.54 Å². The van der Waals surface area contributed by atoms with Gasteiger partial charge in [-0.05, 0) is 44.4 Å². The summed E-state index contributed by atoms with van der Waals surface area (Å²) >= 11 is 0. The first-order valence-electron chi connectivity index (χ1n) is 10.6. The highest BCUT2D eigenvalue weighted by Crippen LogP contribution is 2.35. The van der Waals surface area contributed by atoms with E-state index in [9.17, 15) is 14.4 Å². The third-order valence-electron chi connectivity index (χ3n) is 6.53.